The molecule has 1 aliphatic heterocycles. The van der Waals surface area contributed by atoms with Gasteiger partial charge in [0, 0.05) is 27.2 Å². The fraction of sp³-hybridized carbons (Fsp3) is 1.00. The SMILES string of the molecule is CC(C)CCC[C@H]1CN(S(=O)(=O)N(C)C)CCO1. The van der Waals surface area contributed by atoms with Crippen molar-refractivity contribution in [1.29, 1.82) is 0 Å². The van der Waals surface area contributed by atoms with Gasteiger partial charge in [-0.25, -0.2) is 0 Å². The van der Waals surface area contributed by atoms with Crippen LogP contribution in [0.3, 0.4) is 0 Å². The van der Waals surface area contributed by atoms with Crippen LogP contribution in [0.25, 0.3) is 0 Å². The van der Waals surface area contributed by atoms with E-state index >= 15 is 0 Å². The van der Waals surface area contributed by atoms with E-state index in [1.54, 1.807) is 14.1 Å². The van der Waals surface area contributed by atoms with Crippen molar-refractivity contribution in [3.63, 3.8) is 0 Å². The van der Waals surface area contributed by atoms with Crippen LogP contribution in [0.1, 0.15) is 33.1 Å². The zero-order chi connectivity index (χ0) is 13.8. The van der Waals surface area contributed by atoms with Crippen LogP contribution in [0, 0.1) is 5.92 Å². The first kappa shape index (κ1) is 15.9. The van der Waals surface area contributed by atoms with E-state index in [0.717, 1.165) is 12.8 Å². The minimum absolute atomic E-state index is 0.0484. The molecule has 0 aliphatic carbocycles. The highest BCUT2D eigenvalue weighted by Gasteiger charge is 2.30. The Morgan fingerprint density at radius 3 is 2.61 bits per heavy atom. The highest BCUT2D eigenvalue weighted by Crippen LogP contribution is 2.17. The van der Waals surface area contributed by atoms with Crippen LogP contribution in [0.4, 0.5) is 0 Å². The second-order valence-corrected chi connectivity index (χ2v) is 7.61. The summed E-state index contributed by atoms with van der Waals surface area (Å²) in [5.74, 6) is 0.690. The molecule has 18 heavy (non-hydrogen) atoms. The lowest BCUT2D eigenvalue weighted by Gasteiger charge is -2.33. The first-order valence-electron chi connectivity index (χ1n) is 6.63. The normalized spacial score (nSPS) is 22.9. The van der Waals surface area contributed by atoms with Crippen LogP contribution in [0.2, 0.25) is 0 Å². The zero-order valence-electron chi connectivity index (χ0n) is 11.9. The van der Waals surface area contributed by atoms with Gasteiger partial charge in [0.15, 0.2) is 0 Å². The molecule has 6 heteroatoms. The second kappa shape index (κ2) is 6.84. The molecule has 0 bridgehead atoms. The molecule has 0 aromatic rings. The molecule has 1 atom stereocenters. The average Bonchev–Trinajstić information content (AvgIpc) is 2.28. The maximum atomic E-state index is 12.0. The van der Waals surface area contributed by atoms with E-state index in [1.165, 1.54) is 15.0 Å². The summed E-state index contributed by atoms with van der Waals surface area (Å²) in [5, 5.41) is 0. The number of rotatable bonds is 6. The van der Waals surface area contributed by atoms with Gasteiger partial charge in [-0.2, -0.15) is 17.0 Å². The zero-order valence-corrected chi connectivity index (χ0v) is 12.7. The lowest BCUT2D eigenvalue weighted by molar-refractivity contribution is -0.00831. The molecule has 1 rings (SSSR count). The smallest absolute Gasteiger partial charge is 0.281 e. The Kier molecular flexibility index (Phi) is 6.04. The van der Waals surface area contributed by atoms with Gasteiger partial charge in [-0.15, -0.1) is 0 Å². The van der Waals surface area contributed by atoms with Gasteiger partial charge in [-0.05, 0) is 12.3 Å². The minimum atomic E-state index is -3.29. The van der Waals surface area contributed by atoms with E-state index in [4.69, 9.17) is 4.74 Å². The number of nitrogens with zero attached hydrogens (tertiary/aromatic N) is 2. The second-order valence-electron chi connectivity index (χ2n) is 5.47. The van der Waals surface area contributed by atoms with E-state index in [9.17, 15) is 8.42 Å². The van der Waals surface area contributed by atoms with E-state index < -0.39 is 10.2 Å². The van der Waals surface area contributed by atoms with Gasteiger partial charge in [0.05, 0.1) is 12.7 Å². The molecule has 0 unspecified atom stereocenters. The molecule has 0 N–H and O–H groups in total. The third-order valence-electron chi connectivity index (χ3n) is 3.20. The fourth-order valence-electron chi connectivity index (χ4n) is 2.06. The third kappa shape index (κ3) is 4.50. The average molecular weight is 278 g/mol. The van der Waals surface area contributed by atoms with Crippen LogP contribution in [-0.2, 0) is 14.9 Å². The predicted octanol–water partition coefficient (Wildman–Crippen LogP) is 1.32. The first-order chi connectivity index (χ1) is 8.34. The summed E-state index contributed by atoms with van der Waals surface area (Å²) in [7, 11) is -0.152. The van der Waals surface area contributed by atoms with Crippen molar-refractivity contribution in [2.45, 2.75) is 39.2 Å². The summed E-state index contributed by atoms with van der Waals surface area (Å²) in [4.78, 5) is 0. The Morgan fingerprint density at radius 2 is 2.06 bits per heavy atom. The fourth-order valence-corrected chi connectivity index (χ4v) is 3.18. The summed E-state index contributed by atoms with van der Waals surface area (Å²) in [6.07, 6.45) is 3.25. The summed E-state index contributed by atoms with van der Waals surface area (Å²) in [6, 6.07) is 0. The Bertz CT molecular complexity index is 341. The highest BCUT2D eigenvalue weighted by atomic mass is 32.2. The quantitative estimate of drug-likeness (QED) is 0.736. The minimum Gasteiger partial charge on any atom is -0.375 e. The summed E-state index contributed by atoms with van der Waals surface area (Å²) < 4.78 is 32.5. The molecule has 5 nitrogen and oxygen atoms in total. The Morgan fingerprint density at radius 1 is 1.39 bits per heavy atom. The van der Waals surface area contributed by atoms with E-state index in [2.05, 4.69) is 13.8 Å². The number of ether oxygens (including phenoxy) is 1. The first-order valence-corrected chi connectivity index (χ1v) is 8.03. The lowest BCUT2D eigenvalue weighted by atomic mass is 10.0. The predicted molar refractivity (Wildman–Crippen MR) is 72.6 cm³/mol. The monoisotopic (exact) mass is 278 g/mol. The van der Waals surface area contributed by atoms with Gasteiger partial charge in [0.2, 0.25) is 0 Å². The molecule has 0 amide bonds. The molecular weight excluding hydrogens is 252 g/mol. The van der Waals surface area contributed by atoms with Crippen LogP contribution in [-0.4, -0.2) is 56.9 Å². The van der Waals surface area contributed by atoms with E-state index in [0.29, 0.717) is 25.6 Å². The van der Waals surface area contributed by atoms with Crippen molar-refractivity contribution in [1.82, 2.24) is 8.61 Å². The number of morpholine rings is 1. The van der Waals surface area contributed by atoms with Gasteiger partial charge in [0.1, 0.15) is 0 Å². The van der Waals surface area contributed by atoms with Gasteiger partial charge in [-0.1, -0.05) is 26.7 Å². The van der Waals surface area contributed by atoms with Crippen LogP contribution in [0.5, 0.6) is 0 Å². The topological polar surface area (TPSA) is 49.9 Å². The van der Waals surface area contributed by atoms with Gasteiger partial charge in [-0.3, -0.25) is 0 Å². The van der Waals surface area contributed by atoms with Crippen LogP contribution >= 0.6 is 0 Å². The Hall–Kier alpha value is -0.170. The summed E-state index contributed by atoms with van der Waals surface area (Å²) in [5.41, 5.74) is 0. The summed E-state index contributed by atoms with van der Waals surface area (Å²) >= 11 is 0. The molecule has 1 fully saturated rings. The van der Waals surface area contributed by atoms with E-state index in [1.807, 2.05) is 0 Å². The van der Waals surface area contributed by atoms with Crippen LogP contribution in [0.15, 0.2) is 0 Å². The molecule has 108 valence electrons. The van der Waals surface area contributed by atoms with Crippen molar-refractivity contribution in [2.24, 2.45) is 5.92 Å². The Balaban J connectivity index is 2.46. The van der Waals surface area contributed by atoms with E-state index in [-0.39, 0.29) is 6.10 Å². The maximum Gasteiger partial charge on any atom is 0.281 e. The largest absolute Gasteiger partial charge is 0.375 e. The standard InChI is InChI=1S/C12H26N2O3S/c1-11(2)6-5-7-12-10-14(8-9-17-12)18(15,16)13(3)4/h11-12H,5-10H2,1-4H3/t12-/m0/s1. The third-order valence-corrected chi connectivity index (χ3v) is 5.10. The molecule has 0 radical (unpaired) electrons. The highest BCUT2D eigenvalue weighted by molar-refractivity contribution is 7.86. The van der Waals surface area contributed by atoms with Crippen molar-refractivity contribution in [2.75, 3.05) is 33.8 Å². The molecule has 0 aromatic heterocycles. The van der Waals surface area contributed by atoms with Crippen molar-refractivity contribution in [3.8, 4) is 0 Å². The van der Waals surface area contributed by atoms with Gasteiger partial charge < -0.3 is 4.74 Å². The molecule has 1 saturated heterocycles. The number of hydrogen-bond acceptors (Lipinski definition) is 3. The van der Waals surface area contributed by atoms with Gasteiger partial charge in [0.25, 0.3) is 10.2 Å². The van der Waals surface area contributed by atoms with Crippen molar-refractivity contribution in [3.05, 3.63) is 0 Å². The van der Waals surface area contributed by atoms with Crippen molar-refractivity contribution >= 4 is 10.2 Å². The lowest BCUT2D eigenvalue weighted by Crippen LogP contribution is -2.49. The molecule has 0 saturated carbocycles. The summed E-state index contributed by atoms with van der Waals surface area (Å²) in [6.45, 7) is 5.84. The Labute approximate surface area is 111 Å². The van der Waals surface area contributed by atoms with Crippen LogP contribution < -0.4 is 0 Å². The molecule has 0 spiro atoms. The molecule has 1 heterocycles. The molecular formula is C12H26N2O3S. The molecule has 1 aliphatic rings. The van der Waals surface area contributed by atoms with Crippen molar-refractivity contribution < 1.29 is 13.2 Å². The van der Waals surface area contributed by atoms with Gasteiger partial charge >= 0.3 is 0 Å². The molecule has 0 aromatic carbocycles. The maximum absolute atomic E-state index is 12.0. The number of hydrogen-bond donors (Lipinski definition) is 0.